The third kappa shape index (κ3) is 5.54. The lowest BCUT2D eigenvalue weighted by Gasteiger charge is -2.15. The van der Waals surface area contributed by atoms with E-state index in [1.165, 1.54) is 16.3 Å². The topological polar surface area (TPSA) is 73.2 Å². The van der Waals surface area contributed by atoms with Gasteiger partial charge in [0.05, 0.1) is 12.8 Å². The summed E-state index contributed by atoms with van der Waals surface area (Å²) in [5.41, 5.74) is 2.25. The van der Waals surface area contributed by atoms with Crippen LogP contribution in [0.3, 0.4) is 0 Å². The van der Waals surface area contributed by atoms with E-state index in [4.69, 9.17) is 4.74 Å². The highest BCUT2D eigenvalue weighted by molar-refractivity contribution is 5.76. The first kappa shape index (κ1) is 20.3. The second kappa shape index (κ2) is 9.68. The number of para-hydroxylation sites is 1. The van der Waals surface area contributed by atoms with Crippen molar-refractivity contribution in [3.8, 4) is 17.0 Å². The predicted octanol–water partition coefficient (Wildman–Crippen LogP) is 3.06. The van der Waals surface area contributed by atoms with Gasteiger partial charge >= 0.3 is 0 Å². The molecule has 1 heterocycles. The molecule has 3 rings (SSSR count). The van der Waals surface area contributed by atoms with E-state index in [0.717, 1.165) is 18.4 Å². The number of amides is 1. The summed E-state index contributed by atoms with van der Waals surface area (Å²) in [7, 11) is 1.58. The van der Waals surface area contributed by atoms with Gasteiger partial charge in [-0.15, -0.1) is 0 Å². The first-order valence-electron chi connectivity index (χ1n) is 9.61. The zero-order chi connectivity index (χ0) is 20.6. The molecule has 150 valence electrons. The molecule has 29 heavy (non-hydrogen) atoms. The average Bonchev–Trinajstić information content (AvgIpc) is 2.74. The third-order valence-corrected chi connectivity index (χ3v) is 4.66. The van der Waals surface area contributed by atoms with Crippen LogP contribution >= 0.6 is 0 Å². The van der Waals surface area contributed by atoms with Gasteiger partial charge in [-0.3, -0.25) is 9.59 Å². The Balaban J connectivity index is 1.65. The Labute approximate surface area is 170 Å². The number of methoxy groups -OCH3 is 1. The van der Waals surface area contributed by atoms with Crippen molar-refractivity contribution in [2.24, 2.45) is 0 Å². The molecule has 0 aliphatic carbocycles. The fourth-order valence-electron chi connectivity index (χ4n) is 3.12. The van der Waals surface area contributed by atoms with Crippen LogP contribution in [-0.2, 0) is 17.8 Å². The molecule has 6 heteroatoms. The minimum atomic E-state index is -0.323. The second-order valence-electron chi connectivity index (χ2n) is 6.91. The van der Waals surface area contributed by atoms with E-state index >= 15 is 0 Å². The zero-order valence-electron chi connectivity index (χ0n) is 16.7. The van der Waals surface area contributed by atoms with Crippen LogP contribution in [0.4, 0.5) is 0 Å². The molecule has 0 saturated carbocycles. The van der Waals surface area contributed by atoms with E-state index in [-0.39, 0.29) is 24.1 Å². The van der Waals surface area contributed by atoms with Crippen LogP contribution in [0.2, 0.25) is 0 Å². The number of nitrogens with zero attached hydrogens (tertiary/aromatic N) is 2. The zero-order valence-corrected chi connectivity index (χ0v) is 16.7. The smallest absolute Gasteiger partial charge is 0.267 e. The highest BCUT2D eigenvalue weighted by atomic mass is 16.5. The SMILES string of the molecule is COc1ccccc1-c1ccc(=O)n(CC(=O)NC(C)CCc2ccccc2)n1. The number of carbonyl (C=O) groups excluding carboxylic acids is 1. The maximum Gasteiger partial charge on any atom is 0.267 e. The quantitative estimate of drug-likeness (QED) is 0.641. The largest absolute Gasteiger partial charge is 0.496 e. The van der Waals surface area contributed by atoms with Crippen LogP contribution in [-0.4, -0.2) is 28.8 Å². The molecule has 0 fully saturated rings. The molecule has 0 saturated heterocycles. The second-order valence-corrected chi connectivity index (χ2v) is 6.91. The van der Waals surface area contributed by atoms with Crippen LogP contribution < -0.4 is 15.6 Å². The molecule has 0 aliphatic rings. The molecule has 2 aromatic carbocycles. The van der Waals surface area contributed by atoms with Crippen molar-refractivity contribution in [2.75, 3.05) is 7.11 Å². The van der Waals surface area contributed by atoms with Crippen molar-refractivity contribution < 1.29 is 9.53 Å². The number of nitrogens with one attached hydrogen (secondary N) is 1. The molecule has 0 spiro atoms. The predicted molar refractivity (Wildman–Crippen MR) is 113 cm³/mol. The Kier molecular flexibility index (Phi) is 6.79. The summed E-state index contributed by atoms with van der Waals surface area (Å²) in [6, 6.07) is 20.6. The Morgan fingerprint density at radius 1 is 1.07 bits per heavy atom. The van der Waals surface area contributed by atoms with Crippen molar-refractivity contribution in [1.82, 2.24) is 15.1 Å². The van der Waals surface area contributed by atoms with E-state index in [0.29, 0.717) is 11.4 Å². The third-order valence-electron chi connectivity index (χ3n) is 4.66. The monoisotopic (exact) mass is 391 g/mol. The standard InChI is InChI=1S/C23H25N3O3/c1-17(12-13-18-8-4-3-5-9-18)24-22(27)16-26-23(28)15-14-20(25-26)19-10-6-7-11-21(19)29-2/h3-11,14-15,17H,12-13,16H2,1-2H3,(H,24,27). The molecule has 1 aromatic heterocycles. The molecule has 1 atom stereocenters. The number of ether oxygens (including phenoxy) is 1. The molecule has 0 radical (unpaired) electrons. The number of aromatic nitrogens is 2. The highest BCUT2D eigenvalue weighted by Crippen LogP contribution is 2.27. The van der Waals surface area contributed by atoms with Crippen LogP contribution in [0.1, 0.15) is 18.9 Å². The normalized spacial score (nSPS) is 11.7. The van der Waals surface area contributed by atoms with Crippen LogP contribution in [0.15, 0.2) is 71.5 Å². The maximum absolute atomic E-state index is 12.4. The molecular weight excluding hydrogens is 366 g/mol. The van der Waals surface area contributed by atoms with Gasteiger partial charge in [0.15, 0.2) is 0 Å². The molecule has 0 bridgehead atoms. The number of benzene rings is 2. The summed E-state index contributed by atoms with van der Waals surface area (Å²) in [6.45, 7) is 1.83. The summed E-state index contributed by atoms with van der Waals surface area (Å²) < 4.78 is 6.54. The van der Waals surface area contributed by atoms with E-state index < -0.39 is 0 Å². The molecule has 0 aliphatic heterocycles. The highest BCUT2D eigenvalue weighted by Gasteiger charge is 2.12. The van der Waals surface area contributed by atoms with Crippen LogP contribution in [0, 0.1) is 0 Å². The Morgan fingerprint density at radius 2 is 1.79 bits per heavy atom. The summed E-state index contributed by atoms with van der Waals surface area (Å²) in [5.74, 6) is 0.418. The first-order valence-corrected chi connectivity index (χ1v) is 9.61. The van der Waals surface area contributed by atoms with Crippen molar-refractivity contribution in [3.63, 3.8) is 0 Å². The summed E-state index contributed by atoms with van der Waals surface area (Å²) in [5, 5.41) is 7.30. The first-order chi connectivity index (χ1) is 14.1. The van der Waals surface area contributed by atoms with Gasteiger partial charge in [0, 0.05) is 17.7 Å². The van der Waals surface area contributed by atoms with Gasteiger partial charge in [0.1, 0.15) is 12.3 Å². The van der Waals surface area contributed by atoms with Gasteiger partial charge in [-0.25, -0.2) is 4.68 Å². The molecule has 6 nitrogen and oxygen atoms in total. The fourth-order valence-corrected chi connectivity index (χ4v) is 3.12. The fraction of sp³-hybridized carbons (Fsp3) is 0.261. The number of carbonyl (C=O) groups is 1. The molecular formula is C23H25N3O3. The lowest BCUT2D eigenvalue weighted by atomic mass is 10.1. The summed E-state index contributed by atoms with van der Waals surface area (Å²) >= 11 is 0. The van der Waals surface area contributed by atoms with E-state index in [1.807, 2.05) is 49.4 Å². The minimum absolute atomic E-state index is 0.00388. The lowest BCUT2D eigenvalue weighted by Crippen LogP contribution is -2.38. The maximum atomic E-state index is 12.4. The van der Waals surface area contributed by atoms with Crippen molar-refractivity contribution >= 4 is 5.91 Å². The summed E-state index contributed by atoms with van der Waals surface area (Å²) in [6.07, 6.45) is 1.70. The van der Waals surface area contributed by atoms with E-state index in [9.17, 15) is 9.59 Å². The van der Waals surface area contributed by atoms with Crippen molar-refractivity contribution in [2.45, 2.75) is 32.4 Å². The van der Waals surface area contributed by atoms with Gasteiger partial charge in [-0.1, -0.05) is 42.5 Å². The molecule has 3 aromatic rings. The number of aryl methyl sites for hydroxylation is 1. The molecule has 1 unspecified atom stereocenters. The van der Waals surface area contributed by atoms with Crippen LogP contribution in [0.25, 0.3) is 11.3 Å². The Hall–Kier alpha value is -3.41. The van der Waals surface area contributed by atoms with Gasteiger partial charge in [0.2, 0.25) is 5.91 Å². The lowest BCUT2D eigenvalue weighted by molar-refractivity contribution is -0.122. The van der Waals surface area contributed by atoms with Gasteiger partial charge < -0.3 is 10.1 Å². The number of hydrogen-bond acceptors (Lipinski definition) is 4. The molecule has 1 amide bonds. The van der Waals surface area contributed by atoms with Crippen molar-refractivity contribution in [3.05, 3.63) is 82.6 Å². The van der Waals surface area contributed by atoms with Gasteiger partial charge in [-0.2, -0.15) is 5.10 Å². The van der Waals surface area contributed by atoms with E-state index in [1.54, 1.807) is 13.2 Å². The molecule has 1 N–H and O–H groups in total. The van der Waals surface area contributed by atoms with Gasteiger partial charge in [-0.05, 0) is 43.5 Å². The van der Waals surface area contributed by atoms with Crippen molar-refractivity contribution in [1.29, 1.82) is 0 Å². The Morgan fingerprint density at radius 3 is 2.55 bits per heavy atom. The average molecular weight is 391 g/mol. The number of hydrogen-bond donors (Lipinski definition) is 1. The van der Waals surface area contributed by atoms with Gasteiger partial charge in [0.25, 0.3) is 5.56 Å². The number of rotatable bonds is 8. The minimum Gasteiger partial charge on any atom is -0.496 e. The Bertz CT molecular complexity index is 1020. The van der Waals surface area contributed by atoms with Crippen LogP contribution in [0.5, 0.6) is 5.75 Å². The summed E-state index contributed by atoms with van der Waals surface area (Å²) in [4.78, 5) is 24.6. The van der Waals surface area contributed by atoms with E-state index in [2.05, 4.69) is 22.5 Å².